The molecule has 31 heavy (non-hydrogen) atoms. The second-order valence-electron chi connectivity index (χ2n) is 7.51. The number of halogens is 3. The van der Waals surface area contributed by atoms with Crippen molar-refractivity contribution in [3.05, 3.63) is 65.2 Å². The molecule has 1 fully saturated rings. The lowest BCUT2D eigenvalue weighted by molar-refractivity contribution is -0.137. The number of rotatable bonds is 6. The fourth-order valence-corrected chi connectivity index (χ4v) is 3.99. The number of alkyl halides is 3. The van der Waals surface area contributed by atoms with Crippen LogP contribution in [0.4, 0.5) is 13.2 Å². The van der Waals surface area contributed by atoms with Crippen LogP contribution in [-0.4, -0.2) is 37.9 Å². The molecule has 2 aromatic rings. The molecule has 0 aliphatic carbocycles. The van der Waals surface area contributed by atoms with E-state index in [2.05, 4.69) is 5.32 Å². The predicted molar refractivity (Wildman–Crippen MR) is 106 cm³/mol. The molecular formula is C21H21F3N2O4S. The van der Waals surface area contributed by atoms with Gasteiger partial charge >= 0.3 is 6.18 Å². The molecule has 0 bridgehead atoms. The molecule has 0 saturated carbocycles. The minimum absolute atomic E-state index is 0.000509. The van der Waals surface area contributed by atoms with Crippen molar-refractivity contribution in [2.75, 3.05) is 12.8 Å². The number of amides is 2. The van der Waals surface area contributed by atoms with E-state index in [4.69, 9.17) is 0 Å². The number of likely N-dealkylation sites (tertiary alicyclic amines) is 1. The molecule has 2 aromatic carbocycles. The molecule has 10 heteroatoms. The second-order valence-corrected chi connectivity index (χ2v) is 9.52. The van der Waals surface area contributed by atoms with E-state index in [-0.39, 0.29) is 42.8 Å². The lowest BCUT2D eigenvalue weighted by Gasteiger charge is -2.17. The molecule has 1 unspecified atom stereocenters. The summed E-state index contributed by atoms with van der Waals surface area (Å²) in [5, 5.41) is 2.72. The lowest BCUT2D eigenvalue weighted by atomic mass is 10.1. The topological polar surface area (TPSA) is 83.5 Å². The van der Waals surface area contributed by atoms with Gasteiger partial charge in [0.25, 0.3) is 0 Å². The van der Waals surface area contributed by atoms with E-state index in [0.29, 0.717) is 11.1 Å². The minimum atomic E-state index is -4.47. The molecule has 1 aliphatic rings. The highest BCUT2D eigenvalue weighted by molar-refractivity contribution is 7.90. The van der Waals surface area contributed by atoms with Crippen LogP contribution in [0, 0.1) is 5.92 Å². The van der Waals surface area contributed by atoms with Crippen molar-refractivity contribution in [3.8, 4) is 0 Å². The quantitative estimate of drug-likeness (QED) is 0.728. The first-order valence-electron chi connectivity index (χ1n) is 9.44. The van der Waals surface area contributed by atoms with Crippen LogP contribution in [0.25, 0.3) is 0 Å². The normalized spacial score (nSPS) is 17.1. The number of hydrogen-bond acceptors (Lipinski definition) is 4. The largest absolute Gasteiger partial charge is 0.416 e. The minimum Gasteiger partial charge on any atom is -0.352 e. The van der Waals surface area contributed by atoms with Gasteiger partial charge in [0.1, 0.15) is 0 Å². The van der Waals surface area contributed by atoms with Gasteiger partial charge in [0, 0.05) is 32.3 Å². The van der Waals surface area contributed by atoms with Gasteiger partial charge < -0.3 is 10.2 Å². The summed E-state index contributed by atoms with van der Waals surface area (Å²) in [5.41, 5.74) is 0.258. The van der Waals surface area contributed by atoms with Crippen LogP contribution in [0.1, 0.15) is 23.1 Å². The molecule has 1 heterocycles. The number of carbonyl (C=O) groups is 2. The van der Waals surface area contributed by atoms with Crippen molar-refractivity contribution < 1.29 is 31.2 Å². The van der Waals surface area contributed by atoms with Gasteiger partial charge in [0.15, 0.2) is 9.84 Å². The Hall–Kier alpha value is -2.88. The predicted octanol–water partition coefficient (Wildman–Crippen LogP) is 2.77. The molecule has 6 nitrogen and oxygen atoms in total. The fraction of sp³-hybridized carbons (Fsp3) is 0.333. The van der Waals surface area contributed by atoms with Gasteiger partial charge in [-0.1, -0.05) is 24.3 Å². The maximum Gasteiger partial charge on any atom is 0.416 e. The highest BCUT2D eigenvalue weighted by atomic mass is 32.2. The molecule has 3 rings (SSSR count). The Morgan fingerprint density at radius 2 is 1.81 bits per heavy atom. The summed E-state index contributed by atoms with van der Waals surface area (Å²) < 4.78 is 61.6. The standard InChI is InChI=1S/C21H21F3N2O4S/c1-31(29,30)18-7-5-14(6-8-18)11-25-20(28)16-10-19(27)26(13-16)12-15-3-2-4-17(9-15)21(22,23)24/h2-9,16H,10-13H2,1H3,(H,25,28). The van der Waals surface area contributed by atoms with Crippen LogP contribution in [0.5, 0.6) is 0 Å². The first kappa shape index (κ1) is 22.8. The van der Waals surface area contributed by atoms with Gasteiger partial charge in [-0.05, 0) is 35.4 Å². The van der Waals surface area contributed by atoms with E-state index in [1.165, 1.54) is 29.2 Å². The zero-order chi connectivity index (χ0) is 22.8. The number of nitrogens with one attached hydrogen (secondary N) is 1. The first-order chi connectivity index (χ1) is 14.4. The third kappa shape index (κ3) is 5.84. The average molecular weight is 454 g/mol. The number of hydrogen-bond donors (Lipinski definition) is 1. The van der Waals surface area contributed by atoms with Gasteiger partial charge in [0.2, 0.25) is 11.8 Å². The van der Waals surface area contributed by atoms with Crippen molar-refractivity contribution >= 4 is 21.7 Å². The van der Waals surface area contributed by atoms with Crippen LogP contribution in [0.15, 0.2) is 53.4 Å². The van der Waals surface area contributed by atoms with Crippen molar-refractivity contribution in [3.63, 3.8) is 0 Å². The Kier molecular flexibility index (Phi) is 6.40. The summed E-state index contributed by atoms with van der Waals surface area (Å²) in [5.74, 6) is -1.24. The maximum absolute atomic E-state index is 12.9. The molecular weight excluding hydrogens is 433 g/mol. The van der Waals surface area contributed by atoms with E-state index >= 15 is 0 Å². The summed E-state index contributed by atoms with van der Waals surface area (Å²) in [6.07, 6.45) is -3.38. The summed E-state index contributed by atoms with van der Waals surface area (Å²) >= 11 is 0. The molecule has 0 radical (unpaired) electrons. The number of nitrogens with zero attached hydrogens (tertiary/aromatic N) is 1. The zero-order valence-electron chi connectivity index (χ0n) is 16.6. The Labute approximate surface area is 178 Å². The second kappa shape index (κ2) is 8.70. The van der Waals surface area contributed by atoms with Gasteiger partial charge in [-0.15, -0.1) is 0 Å². The van der Waals surface area contributed by atoms with Gasteiger partial charge in [-0.25, -0.2) is 8.42 Å². The first-order valence-corrected chi connectivity index (χ1v) is 11.3. The Morgan fingerprint density at radius 3 is 2.42 bits per heavy atom. The van der Waals surface area contributed by atoms with Gasteiger partial charge in [-0.2, -0.15) is 13.2 Å². The molecule has 166 valence electrons. The van der Waals surface area contributed by atoms with Crippen LogP contribution < -0.4 is 5.32 Å². The molecule has 1 N–H and O–H groups in total. The van der Waals surface area contributed by atoms with E-state index in [1.54, 1.807) is 12.1 Å². The number of benzene rings is 2. The van der Waals surface area contributed by atoms with Crippen molar-refractivity contribution in [1.29, 1.82) is 0 Å². The van der Waals surface area contributed by atoms with Gasteiger partial charge in [-0.3, -0.25) is 9.59 Å². The van der Waals surface area contributed by atoms with E-state index < -0.39 is 27.5 Å². The SMILES string of the molecule is CS(=O)(=O)c1ccc(CNC(=O)C2CC(=O)N(Cc3cccc(C(F)(F)F)c3)C2)cc1. The summed E-state index contributed by atoms with van der Waals surface area (Å²) in [6.45, 7) is 0.286. The maximum atomic E-state index is 12.9. The third-order valence-electron chi connectivity index (χ3n) is 5.03. The number of carbonyl (C=O) groups excluding carboxylic acids is 2. The zero-order valence-corrected chi connectivity index (χ0v) is 17.5. The van der Waals surface area contributed by atoms with Crippen LogP contribution in [-0.2, 0) is 38.7 Å². The van der Waals surface area contributed by atoms with E-state index in [1.807, 2.05) is 0 Å². The van der Waals surface area contributed by atoms with Crippen molar-refractivity contribution in [1.82, 2.24) is 10.2 Å². The molecule has 2 amide bonds. The van der Waals surface area contributed by atoms with Crippen molar-refractivity contribution in [2.45, 2.75) is 30.6 Å². The van der Waals surface area contributed by atoms with Crippen molar-refractivity contribution in [2.24, 2.45) is 5.92 Å². The van der Waals surface area contributed by atoms with Gasteiger partial charge in [0.05, 0.1) is 16.4 Å². The van der Waals surface area contributed by atoms with Crippen LogP contribution in [0.3, 0.4) is 0 Å². The average Bonchev–Trinajstić information content (AvgIpc) is 3.06. The summed E-state index contributed by atoms with van der Waals surface area (Å²) in [4.78, 5) is 26.2. The Bertz CT molecular complexity index is 1080. The van der Waals surface area contributed by atoms with Crippen LogP contribution >= 0.6 is 0 Å². The fourth-order valence-electron chi connectivity index (χ4n) is 3.36. The highest BCUT2D eigenvalue weighted by Gasteiger charge is 2.35. The number of sulfone groups is 1. The summed E-state index contributed by atoms with van der Waals surface area (Å²) in [6, 6.07) is 10.9. The monoisotopic (exact) mass is 454 g/mol. The van der Waals surface area contributed by atoms with E-state index in [9.17, 15) is 31.2 Å². The molecule has 1 saturated heterocycles. The summed E-state index contributed by atoms with van der Waals surface area (Å²) in [7, 11) is -3.31. The van der Waals surface area contributed by atoms with Crippen LogP contribution in [0.2, 0.25) is 0 Å². The Balaban J connectivity index is 1.57. The smallest absolute Gasteiger partial charge is 0.352 e. The third-order valence-corrected chi connectivity index (χ3v) is 6.16. The lowest BCUT2D eigenvalue weighted by Crippen LogP contribution is -2.32. The highest BCUT2D eigenvalue weighted by Crippen LogP contribution is 2.30. The van der Waals surface area contributed by atoms with E-state index in [0.717, 1.165) is 18.4 Å². The molecule has 0 aromatic heterocycles. The molecule has 1 aliphatic heterocycles. The Morgan fingerprint density at radius 1 is 1.13 bits per heavy atom. The molecule has 1 atom stereocenters. The molecule has 0 spiro atoms.